The molecule has 0 saturated heterocycles. The Hall–Kier alpha value is -1.25. The predicted molar refractivity (Wildman–Crippen MR) is 85.1 cm³/mol. The largest absolute Gasteiger partial charge is 1.00 e. The van der Waals surface area contributed by atoms with Gasteiger partial charge in [0.05, 0.1) is 0 Å². The first-order valence-corrected chi connectivity index (χ1v) is 7.74. The summed E-state index contributed by atoms with van der Waals surface area (Å²) < 4.78 is 0. The number of hydrogen-bond donors (Lipinski definition) is 0. The second-order valence-electron chi connectivity index (χ2n) is 4.34. The van der Waals surface area contributed by atoms with Gasteiger partial charge in [0.25, 0.3) is 0 Å². The SMILES string of the molecule is [Pd+].c1ccc(P(c2ccccc2)c2ccccc2)cc1. The van der Waals surface area contributed by atoms with Crippen LogP contribution < -0.4 is 15.9 Å². The smallest absolute Gasteiger partial charge is 0.0622 e. The maximum Gasteiger partial charge on any atom is 1.00 e. The molecule has 0 aliphatic carbocycles. The Bertz CT molecular complexity index is 529. The van der Waals surface area contributed by atoms with Crippen LogP contribution in [-0.4, -0.2) is 0 Å². The molecule has 0 aliphatic rings. The average Bonchev–Trinajstić information content (AvgIpc) is 2.51. The minimum absolute atomic E-state index is 0. The van der Waals surface area contributed by atoms with Gasteiger partial charge >= 0.3 is 20.4 Å². The predicted octanol–water partition coefficient (Wildman–Crippen LogP) is 3.44. The van der Waals surface area contributed by atoms with E-state index in [-0.39, 0.29) is 20.4 Å². The Balaban J connectivity index is 0.00000147. The average molecular weight is 369 g/mol. The van der Waals surface area contributed by atoms with Crippen molar-refractivity contribution in [2.24, 2.45) is 0 Å². The van der Waals surface area contributed by atoms with E-state index in [4.69, 9.17) is 0 Å². The first-order valence-electron chi connectivity index (χ1n) is 6.40. The van der Waals surface area contributed by atoms with Crippen LogP contribution in [0.2, 0.25) is 0 Å². The molecule has 20 heavy (non-hydrogen) atoms. The van der Waals surface area contributed by atoms with E-state index in [2.05, 4.69) is 91.0 Å². The van der Waals surface area contributed by atoms with Gasteiger partial charge in [0.2, 0.25) is 0 Å². The molecule has 3 rings (SSSR count). The maximum absolute atomic E-state index is 2.23. The van der Waals surface area contributed by atoms with Crippen molar-refractivity contribution in [1.29, 1.82) is 0 Å². The van der Waals surface area contributed by atoms with Crippen molar-refractivity contribution in [3.05, 3.63) is 91.0 Å². The molecule has 0 saturated carbocycles. The minimum atomic E-state index is -0.446. The van der Waals surface area contributed by atoms with E-state index in [1.165, 1.54) is 15.9 Å². The summed E-state index contributed by atoms with van der Waals surface area (Å²) in [6.45, 7) is 0. The van der Waals surface area contributed by atoms with Crippen LogP contribution in [0.15, 0.2) is 91.0 Å². The molecule has 3 aromatic carbocycles. The van der Waals surface area contributed by atoms with Crippen LogP contribution in [0.4, 0.5) is 0 Å². The number of hydrogen-bond acceptors (Lipinski definition) is 0. The Morgan fingerprint density at radius 3 is 0.900 bits per heavy atom. The van der Waals surface area contributed by atoms with Gasteiger partial charge in [0, 0.05) is 0 Å². The maximum atomic E-state index is 2.23. The normalized spacial score (nSPS) is 10.1. The molecular weight excluding hydrogens is 354 g/mol. The molecular formula is C18H15PPd+. The van der Waals surface area contributed by atoms with Crippen molar-refractivity contribution in [2.45, 2.75) is 0 Å². The van der Waals surface area contributed by atoms with Gasteiger partial charge in [-0.2, -0.15) is 0 Å². The van der Waals surface area contributed by atoms with Gasteiger partial charge in [-0.25, -0.2) is 0 Å². The number of benzene rings is 3. The molecule has 0 unspecified atom stereocenters. The zero-order valence-electron chi connectivity index (χ0n) is 10.9. The van der Waals surface area contributed by atoms with Gasteiger partial charge in [-0.05, 0) is 23.8 Å². The van der Waals surface area contributed by atoms with E-state index >= 15 is 0 Å². The Morgan fingerprint density at radius 2 is 0.650 bits per heavy atom. The first kappa shape index (κ1) is 15.1. The topological polar surface area (TPSA) is 0 Å². The van der Waals surface area contributed by atoms with E-state index in [1.54, 1.807) is 0 Å². The van der Waals surface area contributed by atoms with Gasteiger partial charge in [0.1, 0.15) is 0 Å². The Morgan fingerprint density at radius 1 is 0.400 bits per heavy atom. The summed E-state index contributed by atoms with van der Waals surface area (Å²) in [5.74, 6) is 0. The summed E-state index contributed by atoms with van der Waals surface area (Å²) >= 11 is 0. The van der Waals surface area contributed by atoms with Crippen LogP contribution in [0.3, 0.4) is 0 Å². The molecule has 0 fully saturated rings. The molecule has 0 N–H and O–H groups in total. The molecule has 0 amide bonds. The molecule has 0 bridgehead atoms. The molecule has 0 aliphatic heterocycles. The van der Waals surface area contributed by atoms with Crippen LogP contribution >= 0.6 is 7.92 Å². The van der Waals surface area contributed by atoms with E-state index in [0.717, 1.165) is 0 Å². The summed E-state index contributed by atoms with van der Waals surface area (Å²) in [5.41, 5.74) is 0. The third kappa shape index (κ3) is 3.44. The fraction of sp³-hybridized carbons (Fsp3) is 0. The van der Waals surface area contributed by atoms with Crippen LogP contribution in [0.1, 0.15) is 0 Å². The zero-order valence-corrected chi connectivity index (χ0v) is 13.4. The van der Waals surface area contributed by atoms with E-state index in [0.29, 0.717) is 0 Å². The summed E-state index contributed by atoms with van der Waals surface area (Å²) in [6, 6.07) is 32.3. The van der Waals surface area contributed by atoms with Gasteiger partial charge in [-0.15, -0.1) is 0 Å². The monoisotopic (exact) mass is 368 g/mol. The van der Waals surface area contributed by atoms with Crippen molar-refractivity contribution in [2.75, 3.05) is 0 Å². The van der Waals surface area contributed by atoms with E-state index < -0.39 is 7.92 Å². The standard InChI is InChI=1S/C18H15P.Pd/c1-4-10-16(11-5-1)19(17-12-6-2-7-13-17)18-14-8-3-9-15-18;/h1-15H;/q;+1. The van der Waals surface area contributed by atoms with Crippen molar-refractivity contribution < 1.29 is 20.4 Å². The molecule has 2 heteroatoms. The molecule has 0 nitrogen and oxygen atoms in total. The second-order valence-corrected chi connectivity index (χ2v) is 6.56. The van der Waals surface area contributed by atoms with Gasteiger partial charge in [-0.3, -0.25) is 0 Å². The minimum Gasteiger partial charge on any atom is -0.0622 e. The van der Waals surface area contributed by atoms with Gasteiger partial charge in [0.15, 0.2) is 0 Å². The molecule has 0 aromatic heterocycles. The summed E-state index contributed by atoms with van der Waals surface area (Å²) in [4.78, 5) is 0. The fourth-order valence-corrected chi connectivity index (χ4v) is 4.48. The molecule has 0 heterocycles. The summed E-state index contributed by atoms with van der Waals surface area (Å²) in [5, 5.41) is 4.19. The van der Waals surface area contributed by atoms with Gasteiger partial charge in [-0.1, -0.05) is 91.0 Å². The van der Waals surface area contributed by atoms with Gasteiger partial charge < -0.3 is 0 Å². The molecule has 1 radical (unpaired) electrons. The molecule has 3 aromatic rings. The quantitative estimate of drug-likeness (QED) is 0.491. The van der Waals surface area contributed by atoms with Crippen molar-refractivity contribution >= 4 is 23.8 Å². The third-order valence-corrected chi connectivity index (χ3v) is 5.49. The third-order valence-electron chi connectivity index (χ3n) is 3.04. The zero-order chi connectivity index (χ0) is 12.9. The van der Waals surface area contributed by atoms with Crippen molar-refractivity contribution in [1.82, 2.24) is 0 Å². The summed E-state index contributed by atoms with van der Waals surface area (Å²) in [6.07, 6.45) is 0. The van der Waals surface area contributed by atoms with Crippen LogP contribution in [0.5, 0.6) is 0 Å². The molecule has 101 valence electrons. The van der Waals surface area contributed by atoms with Crippen LogP contribution in [0, 0.1) is 0 Å². The number of rotatable bonds is 3. The van der Waals surface area contributed by atoms with Crippen molar-refractivity contribution in [3.63, 3.8) is 0 Å². The van der Waals surface area contributed by atoms with Crippen LogP contribution in [-0.2, 0) is 20.4 Å². The van der Waals surface area contributed by atoms with Crippen LogP contribution in [0.25, 0.3) is 0 Å². The van der Waals surface area contributed by atoms with E-state index in [9.17, 15) is 0 Å². The Labute approximate surface area is 135 Å². The second kappa shape index (κ2) is 7.51. The fourth-order valence-electron chi connectivity index (χ4n) is 2.18. The Kier molecular flexibility index (Phi) is 5.69. The summed E-state index contributed by atoms with van der Waals surface area (Å²) in [7, 11) is -0.446. The molecule has 0 spiro atoms. The molecule has 0 atom stereocenters. The van der Waals surface area contributed by atoms with Crippen molar-refractivity contribution in [3.8, 4) is 0 Å². The first-order chi connectivity index (χ1) is 9.45. The van der Waals surface area contributed by atoms with E-state index in [1.807, 2.05) is 0 Å².